The standard InChI is InChI=1S/C9H10FN/c10-8-3-7(6-1-2-6)4-9(11)5-8/h3-6H,1-2,11H2. The fraction of sp³-hybridized carbons (Fsp3) is 0.333. The monoisotopic (exact) mass is 151 g/mol. The minimum atomic E-state index is -0.216. The Kier molecular flexibility index (Phi) is 1.34. The van der Waals surface area contributed by atoms with E-state index in [0.29, 0.717) is 11.6 Å². The molecule has 1 aromatic rings. The summed E-state index contributed by atoms with van der Waals surface area (Å²) in [7, 11) is 0. The Labute approximate surface area is 65.0 Å². The molecule has 58 valence electrons. The molecule has 0 aromatic heterocycles. The quantitative estimate of drug-likeness (QED) is 0.612. The van der Waals surface area contributed by atoms with E-state index in [0.717, 1.165) is 5.56 Å². The van der Waals surface area contributed by atoms with E-state index in [1.807, 2.05) is 6.07 Å². The van der Waals surface area contributed by atoms with Gasteiger partial charge in [0.05, 0.1) is 0 Å². The average molecular weight is 151 g/mol. The van der Waals surface area contributed by atoms with Crippen molar-refractivity contribution in [1.82, 2.24) is 0 Å². The van der Waals surface area contributed by atoms with Gasteiger partial charge in [0.2, 0.25) is 0 Å². The minimum absolute atomic E-state index is 0.216. The van der Waals surface area contributed by atoms with Gasteiger partial charge in [-0.3, -0.25) is 0 Å². The number of hydrogen-bond donors (Lipinski definition) is 1. The van der Waals surface area contributed by atoms with Gasteiger partial charge in [0.1, 0.15) is 5.82 Å². The van der Waals surface area contributed by atoms with Crippen LogP contribution in [-0.4, -0.2) is 0 Å². The molecule has 1 saturated carbocycles. The smallest absolute Gasteiger partial charge is 0.125 e. The summed E-state index contributed by atoms with van der Waals surface area (Å²) in [6.07, 6.45) is 2.37. The first-order valence-corrected chi connectivity index (χ1v) is 3.81. The Balaban J connectivity index is 2.39. The molecule has 1 fully saturated rings. The van der Waals surface area contributed by atoms with E-state index in [4.69, 9.17) is 5.73 Å². The summed E-state index contributed by atoms with van der Waals surface area (Å²) in [4.78, 5) is 0. The maximum absolute atomic E-state index is 12.7. The Bertz CT molecular complexity index is 259. The SMILES string of the molecule is Nc1cc(F)cc(C2CC2)c1. The van der Waals surface area contributed by atoms with Crippen molar-refractivity contribution in [3.63, 3.8) is 0 Å². The maximum atomic E-state index is 12.7. The van der Waals surface area contributed by atoms with Crippen molar-refractivity contribution in [2.45, 2.75) is 18.8 Å². The van der Waals surface area contributed by atoms with Crippen LogP contribution in [0.5, 0.6) is 0 Å². The zero-order chi connectivity index (χ0) is 7.84. The van der Waals surface area contributed by atoms with E-state index in [9.17, 15) is 4.39 Å². The highest BCUT2D eigenvalue weighted by Crippen LogP contribution is 2.40. The molecule has 2 heteroatoms. The zero-order valence-electron chi connectivity index (χ0n) is 6.18. The van der Waals surface area contributed by atoms with Gasteiger partial charge in [-0.2, -0.15) is 0 Å². The fourth-order valence-corrected chi connectivity index (χ4v) is 1.29. The molecule has 0 aliphatic heterocycles. The molecule has 0 atom stereocenters. The van der Waals surface area contributed by atoms with E-state index in [-0.39, 0.29) is 5.82 Å². The second-order valence-corrected chi connectivity index (χ2v) is 3.09. The lowest BCUT2D eigenvalue weighted by Crippen LogP contribution is -1.89. The van der Waals surface area contributed by atoms with Gasteiger partial charge in [-0.05, 0) is 42.5 Å². The second kappa shape index (κ2) is 2.22. The molecular weight excluding hydrogens is 141 g/mol. The number of nitrogen functional groups attached to an aromatic ring is 1. The van der Waals surface area contributed by atoms with Crippen LogP contribution in [-0.2, 0) is 0 Å². The van der Waals surface area contributed by atoms with Crippen LogP contribution in [0.4, 0.5) is 10.1 Å². The molecule has 2 N–H and O–H groups in total. The van der Waals surface area contributed by atoms with Gasteiger partial charge in [-0.15, -0.1) is 0 Å². The van der Waals surface area contributed by atoms with Gasteiger partial charge in [0.25, 0.3) is 0 Å². The van der Waals surface area contributed by atoms with Crippen LogP contribution >= 0.6 is 0 Å². The van der Waals surface area contributed by atoms with Crippen molar-refractivity contribution in [2.75, 3.05) is 5.73 Å². The first kappa shape index (κ1) is 6.65. The summed E-state index contributed by atoms with van der Waals surface area (Å²) < 4.78 is 12.7. The summed E-state index contributed by atoms with van der Waals surface area (Å²) in [5.41, 5.74) is 7.08. The molecule has 0 heterocycles. The first-order valence-electron chi connectivity index (χ1n) is 3.81. The third kappa shape index (κ3) is 1.34. The Morgan fingerprint density at radius 2 is 2.00 bits per heavy atom. The Morgan fingerprint density at radius 3 is 2.55 bits per heavy atom. The number of halogens is 1. The van der Waals surface area contributed by atoms with Gasteiger partial charge < -0.3 is 5.73 Å². The maximum Gasteiger partial charge on any atom is 0.125 e. The highest BCUT2D eigenvalue weighted by atomic mass is 19.1. The lowest BCUT2D eigenvalue weighted by Gasteiger charge is -1.99. The van der Waals surface area contributed by atoms with Crippen molar-refractivity contribution in [2.24, 2.45) is 0 Å². The van der Waals surface area contributed by atoms with Crippen molar-refractivity contribution in [3.05, 3.63) is 29.6 Å². The summed E-state index contributed by atoms with van der Waals surface area (Å²) in [5.74, 6) is 0.361. The fourth-order valence-electron chi connectivity index (χ4n) is 1.29. The van der Waals surface area contributed by atoms with E-state index in [2.05, 4.69) is 0 Å². The molecule has 11 heavy (non-hydrogen) atoms. The van der Waals surface area contributed by atoms with Gasteiger partial charge in [-0.1, -0.05) is 0 Å². The van der Waals surface area contributed by atoms with Crippen LogP contribution in [0.1, 0.15) is 24.3 Å². The van der Waals surface area contributed by atoms with Crippen LogP contribution in [0.3, 0.4) is 0 Å². The molecule has 1 nitrogen and oxygen atoms in total. The number of hydrogen-bond acceptors (Lipinski definition) is 1. The molecule has 0 amide bonds. The minimum Gasteiger partial charge on any atom is -0.399 e. The highest BCUT2D eigenvalue weighted by molar-refractivity contribution is 5.43. The summed E-state index contributed by atoms with van der Waals surface area (Å²) in [5, 5.41) is 0. The van der Waals surface area contributed by atoms with Gasteiger partial charge in [0.15, 0.2) is 0 Å². The van der Waals surface area contributed by atoms with Gasteiger partial charge >= 0.3 is 0 Å². The summed E-state index contributed by atoms with van der Waals surface area (Å²) in [6.45, 7) is 0. The molecule has 0 unspecified atom stereocenters. The molecule has 1 aliphatic rings. The molecular formula is C9H10FN. The van der Waals surface area contributed by atoms with Gasteiger partial charge in [-0.25, -0.2) is 4.39 Å². The van der Waals surface area contributed by atoms with E-state index < -0.39 is 0 Å². The summed E-state index contributed by atoms with van der Waals surface area (Å²) in [6, 6.07) is 4.79. The lowest BCUT2D eigenvalue weighted by molar-refractivity contribution is 0.626. The highest BCUT2D eigenvalue weighted by Gasteiger charge is 2.23. The van der Waals surface area contributed by atoms with Crippen LogP contribution in [0.2, 0.25) is 0 Å². The first-order chi connectivity index (χ1) is 5.25. The molecule has 1 aliphatic carbocycles. The van der Waals surface area contributed by atoms with Crippen molar-refractivity contribution < 1.29 is 4.39 Å². The van der Waals surface area contributed by atoms with Crippen LogP contribution in [0, 0.1) is 5.82 Å². The normalized spacial score (nSPS) is 16.8. The second-order valence-electron chi connectivity index (χ2n) is 3.09. The van der Waals surface area contributed by atoms with Crippen molar-refractivity contribution in [3.8, 4) is 0 Å². The number of benzene rings is 1. The average Bonchev–Trinajstić information content (AvgIpc) is 2.64. The predicted octanol–water partition coefficient (Wildman–Crippen LogP) is 2.29. The molecule has 0 spiro atoms. The molecule has 0 saturated heterocycles. The number of anilines is 1. The molecule has 2 rings (SSSR count). The number of rotatable bonds is 1. The van der Waals surface area contributed by atoms with Crippen LogP contribution in [0.25, 0.3) is 0 Å². The topological polar surface area (TPSA) is 26.0 Å². The Morgan fingerprint density at radius 1 is 1.27 bits per heavy atom. The van der Waals surface area contributed by atoms with Crippen LogP contribution in [0.15, 0.2) is 18.2 Å². The molecule has 0 bridgehead atoms. The predicted molar refractivity (Wildman–Crippen MR) is 42.8 cm³/mol. The van der Waals surface area contributed by atoms with Crippen molar-refractivity contribution >= 4 is 5.69 Å². The largest absolute Gasteiger partial charge is 0.399 e. The van der Waals surface area contributed by atoms with Crippen molar-refractivity contribution in [1.29, 1.82) is 0 Å². The van der Waals surface area contributed by atoms with E-state index >= 15 is 0 Å². The lowest BCUT2D eigenvalue weighted by atomic mass is 10.1. The molecule has 0 radical (unpaired) electrons. The summed E-state index contributed by atoms with van der Waals surface area (Å²) >= 11 is 0. The Hall–Kier alpha value is -1.05. The third-order valence-corrected chi connectivity index (χ3v) is 1.99. The van der Waals surface area contributed by atoms with E-state index in [1.165, 1.54) is 18.9 Å². The number of nitrogens with two attached hydrogens (primary N) is 1. The van der Waals surface area contributed by atoms with E-state index in [1.54, 1.807) is 6.07 Å². The third-order valence-electron chi connectivity index (χ3n) is 1.99. The zero-order valence-corrected chi connectivity index (χ0v) is 6.18. The van der Waals surface area contributed by atoms with Crippen LogP contribution < -0.4 is 5.73 Å². The molecule has 1 aromatic carbocycles. The van der Waals surface area contributed by atoms with Gasteiger partial charge in [0, 0.05) is 5.69 Å².